The highest BCUT2D eigenvalue weighted by Crippen LogP contribution is 2.36. The maximum absolute atomic E-state index is 13.1. The van der Waals surface area contributed by atoms with E-state index >= 15 is 0 Å². The number of nitrogens with zero attached hydrogens (tertiary/aromatic N) is 3. The lowest BCUT2D eigenvalue weighted by atomic mass is 9.95. The lowest BCUT2D eigenvalue weighted by molar-refractivity contribution is -0.138. The van der Waals surface area contributed by atoms with E-state index in [9.17, 15) is 31.2 Å². The number of hydrogen-bond donors (Lipinski definition) is 1. The number of primary amides is 1. The van der Waals surface area contributed by atoms with E-state index < -0.39 is 37.7 Å². The number of benzene rings is 1. The van der Waals surface area contributed by atoms with Gasteiger partial charge in [-0.05, 0) is 31.0 Å². The lowest BCUT2D eigenvalue weighted by Gasteiger charge is -2.37. The molecule has 0 radical (unpaired) electrons. The summed E-state index contributed by atoms with van der Waals surface area (Å²) in [4.78, 5) is 26.5. The number of rotatable bonds is 3. The molecular weight excluding hydrogens is 461 g/mol. The summed E-state index contributed by atoms with van der Waals surface area (Å²) in [6, 6.07) is 1.95. The van der Waals surface area contributed by atoms with E-state index in [1.165, 1.54) is 4.90 Å². The van der Waals surface area contributed by atoms with Gasteiger partial charge in [-0.25, -0.2) is 13.2 Å². The summed E-state index contributed by atoms with van der Waals surface area (Å²) in [5.74, 6) is -0.392. The third-order valence-electron chi connectivity index (χ3n) is 5.59. The van der Waals surface area contributed by atoms with Gasteiger partial charge in [-0.15, -0.1) is 0 Å². The number of nitrogens with two attached hydrogens (primary N) is 1. The van der Waals surface area contributed by atoms with Crippen LogP contribution >= 0.6 is 11.6 Å². The fourth-order valence-electron chi connectivity index (χ4n) is 3.79. The first-order valence-electron chi connectivity index (χ1n) is 9.61. The smallest absolute Gasteiger partial charge is 0.351 e. The average Bonchev–Trinajstić information content (AvgIpc) is 2.72. The zero-order chi connectivity index (χ0) is 23.0. The van der Waals surface area contributed by atoms with Crippen molar-refractivity contribution in [1.29, 1.82) is 0 Å². The Balaban J connectivity index is 1.64. The molecule has 2 aliphatic heterocycles. The number of alkyl halides is 3. The van der Waals surface area contributed by atoms with Crippen molar-refractivity contribution in [3.05, 3.63) is 28.8 Å². The number of halogens is 4. The molecular formula is C18H22ClF3N4O4S. The number of sulfonamides is 1. The molecule has 2 saturated heterocycles. The minimum atomic E-state index is -4.78. The first kappa shape index (κ1) is 23.6. The van der Waals surface area contributed by atoms with Crippen LogP contribution in [0.3, 0.4) is 0 Å². The van der Waals surface area contributed by atoms with Crippen LogP contribution in [0.5, 0.6) is 0 Å². The van der Waals surface area contributed by atoms with Gasteiger partial charge in [-0.2, -0.15) is 17.5 Å². The van der Waals surface area contributed by atoms with Crippen molar-refractivity contribution >= 4 is 33.6 Å². The molecule has 0 atom stereocenters. The summed E-state index contributed by atoms with van der Waals surface area (Å²) in [5.41, 5.74) is 4.02. The number of carbonyl (C=O) groups is 2. The van der Waals surface area contributed by atoms with Crippen LogP contribution in [-0.4, -0.2) is 73.7 Å². The van der Waals surface area contributed by atoms with Crippen LogP contribution in [0.15, 0.2) is 23.1 Å². The van der Waals surface area contributed by atoms with Crippen molar-refractivity contribution in [3.63, 3.8) is 0 Å². The van der Waals surface area contributed by atoms with Crippen LogP contribution in [0.25, 0.3) is 0 Å². The number of likely N-dealkylation sites (tertiary alicyclic amines) is 1. The minimum absolute atomic E-state index is 0.0296. The highest BCUT2D eigenvalue weighted by molar-refractivity contribution is 7.89. The van der Waals surface area contributed by atoms with Crippen LogP contribution in [0.1, 0.15) is 18.4 Å². The molecule has 13 heteroatoms. The highest BCUT2D eigenvalue weighted by atomic mass is 35.5. The van der Waals surface area contributed by atoms with E-state index in [-0.39, 0.29) is 38.0 Å². The summed E-state index contributed by atoms with van der Waals surface area (Å²) >= 11 is 5.57. The molecule has 0 aliphatic carbocycles. The maximum atomic E-state index is 13.1. The highest BCUT2D eigenvalue weighted by Gasteiger charge is 2.37. The van der Waals surface area contributed by atoms with Gasteiger partial charge in [0.25, 0.3) is 0 Å². The van der Waals surface area contributed by atoms with E-state index in [0.717, 1.165) is 16.4 Å². The monoisotopic (exact) mass is 482 g/mol. The van der Waals surface area contributed by atoms with E-state index in [1.807, 2.05) is 0 Å². The summed E-state index contributed by atoms with van der Waals surface area (Å²) in [6.45, 7) is 0.981. The number of piperidine rings is 1. The first-order chi connectivity index (χ1) is 14.4. The van der Waals surface area contributed by atoms with Crippen LogP contribution in [-0.2, 0) is 21.0 Å². The van der Waals surface area contributed by atoms with E-state index in [2.05, 4.69) is 0 Å². The topological polar surface area (TPSA) is 104 Å². The molecule has 3 amide bonds. The molecule has 2 heterocycles. The largest absolute Gasteiger partial charge is 0.417 e. The summed E-state index contributed by atoms with van der Waals surface area (Å²) in [5, 5.41) is -0.579. The zero-order valence-corrected chi connectivity index (χ0v) is 18.0. The molecule has 0 aromatic heterocycles. The molecule has 2 fully saturated rings. The van der Waals surface area contributed by atoms with Gasteiger partial charge in [0, 0.05) is 45.2 Å². The molecule has 0 spiro atoms. The molecule has 8 nitrogen and oxygen atoms in total. The van der Waals surface area contributed by atoms with Crippen LogP contribution in [0, 0.1) is 5.92 Å². The van der Waals surface area contributed by atoms with Crippen molar-refractivity contribution in [1.82, 2.24) is 14.1 Å². The normalized spacial score (nSPS) is 19.5. The van der Waals surface area contributed by atoms with Crippen molar-refractivity contribution in [2.24, 2.45) is 11.7 Å². The van der Waals surface area contributed by atoms with Gasteiger partial charge in [0.1, 0.15) is 0 Å². The van der Waals surface area contributed by atoms with Gasteiger partial charge in [0.05, 0.1) is 15.5 Å². The van der Waals surface area contributed by atoms with Gasteiger partial charge in [-0.3, -0.25) is 4.79 Å². The Morgan fingerprint density at radius 3 is 2.10 bits per heavy atom. The second kappa shape index (κ2) is 8.83. The number of hydrogen-bond acceptors (Lipinski definition) is 4. The predicted molar refractivity (Wildman–Crippen MR) is 106 cm³/mol. The summed E-state index contributed by atoms with van der Waals surface area (Å²) < 4.78 is 65.9. The quantitative estimate of drug-likeness (QED) is 0.711. The fourth-order valence-corrected chi connectivity index (χ4v) is 5.46. The van der Waals surface area contributed by atoms with Crippen LogP contribution in [0.4, 0.5) is 18.0 Å². The molecule has 2 N–H and O–H groups in total. The van der Waals surface area contributed by atoms with Gasteiger partial charge in [0.2, 0.25) is 15.9 Å². The Hall–Kier alpha value is -2.05. The number of carbonyl (C=O) groups excluding carboxylic acids is 2. The molecule has 2 aliphatic rings. The van der Waals surface area contributed by atoms with Gasteiger partial charge >= 0.3 is 12.2 Å². The minimum Gasteiger partial charge on any atom is -0.351 e. The Bertz CT molecular complexity index is 957. The predicted octanol–water partition coefficient (Wildman–Crippen LogP) is 1.98. The second-order valence-electron chi connectivity index (χ2n) is 7.47. The van der Waals surface area contributed by atoms with Crippen molar-refractivity contribution in [2.45, 2.75) is 23.9 Å². The molecule has 172 valence electrons. The standard InChI is InChI=1S/C18H22ClF3N4O4S/c19-15-2-1-13(11-14(15)18(20,21)22)31(29,30)26-9-7-24(8-10-26)16(27)12-3-5-25(6-4-12)17(23)28/h1-2,11-12H,3-10H2,(H2,23,28). The third kappa shape index (κ3) is 5.07. The van der Waals surface area contributed by atoms with Gasteiger partial charge in [-0.1, -0.05) is 11.6 Å². The molecule has 0 bridgehead atoms. The Morgan fingerprint density at radius 1 is 1.00 bits per heavy atom. The average molecular weight is 483 g/mol. The first-order valence-corrected chi connectivity index (χ1v) is 11.4. The fraction of sp³-hybridized carbons (Fsp3) is 0.556. The summed E-state index contributed by atoms with van der Waals surface area (Å²) in [6.07, 6.45) is -3.83. The Kier molecular flexibility index (Phi) is 6.72. The number of urea groups is 1. The Labute approximate surface area is 182 Å². The van der Waals surface area contributed by atoms with Gasteiger partial charge < -0.3 is 15.5 Å². The van der Waals surface area contributed by atoms with E-state index in [4.69, 9.17) is 17.3 Å². The van der Waals surface area contributed by atoms with Crippen molar-refractivity contribution < 1.29 is 31.2 Å². The van der Waals surface area contributed by atoms with E-state index in [0.29, 0.717) is 32.0 Å². The van der Waals surface area contributed by atoms with Gasteiger partial charge in [0.15, 0.2) is 0 Å². The Morgan fingerprint density at radius 2 is 1.58 bits per heavy atom. The zero-order valence-electron chi connectivity index (χ0n) is 16.4. The van der Waals surface area contributed by atoms with E-state index in [1.54, 1.807) is 4.90 Å². The molecule has 1 aromatic rings. The lowest BCUT2D eigenvalue weighted by Crippen LogP contribution is -2.53. The maximum Gasteiger partial charge on any atom is 0.417 e. The third-order valence-corrected chi connectivity index (χ3v) is 7.81. The molecule has 1 aromatic carbocycles. The number of piperazine rings is 1. The van der Waals surface area contributed by atoms with Crippen LogP contribution in [0.2, 0.25) is 5.02 Å². The number of amides is 3. The van der Waals surface area contributed by atoms with Crippen molar-refractivity contribution in [3.8, 4) is 0 Å². The molecule has 3 rings (SSSR count). The SMILES string of the molecule is NC(=O)N1CCC(C(=O)N2CCN(S(=O)(=O)c3ccc(Cl)c(C(F)(F)F)c3)CC2)CC1. The summed E-state index contributed by atoms with van der Waals surface area (Å²) in [7, 11) is -4.17. The second-order valence-corrected chi connectivity index (χ2v) is 9.81. The van der Waals surface area contributed by atoms with Crippen molar-refractivity contribution in [2.75, 3.05) is 39.3 Å². The van der Waals surface area contributed by atoms with Crippen LogP contribution < -0.4 is 5.73 Å². The molecule has 0 unspecified atom stereocenters. The molecule has 31 heavy (non-hydrogen) atoms. The molecule has 0 saturated carbocycles.